The minimum atomic E-state index is -1.68. The maximum absolute atomic E-state index is 15.3. The number of carbonyl (C=O) groups excluding carboxylic acids is 4. The van der Waals surface area contributed by atoms with Crippen molar-refractivity contribution in [1.29, 1.82) is 0 Å². The van der Waals surface area contributed by atoms with Crippen molar-refractivity contribution in [3.05, 3.63) is 70.8 Å². The molecule has 1 saturated carbocycles. The third-order valence-electron chi connectivity index (χ3n) is 14.7. The van der Waals surface area contributed by atoms with Gasteiger partial charge in [0.05, 0.1) is 30.5 Å². The highest BCUT2D eigenvalue weighted by Gasteiger charge is 2.57. The predicted octanol–water partition coefficient (Wildman–Crippen LogP) is 7.13. The van der Waals surface area contributed by atoms with Crippen LogP contribution < -0.4 is 5.32 Å². The summed E-state index contributed by atoms with van der Waals surface area (Å²) in [4.78, 5) is 60.4. The molecule has 3 aliphatic heterocycles. The number of amides is 1. The van der Waals surface area contributed by atoms with Crippen molar-refractivity contribution in [3.8, 4) is 0 Å². The van der Waals surface area contributed by atoms with E-state index in [1.807, 2.05) is 51.1 Å². The molecule has 3 heterocycles. The molecule has 0 unspecified atom stereocenters. The Kier molecular flexibility index (Phi) is 20.2. The fourth-order valence-corrected chi connectivity index (χ4v) is 11.1. The van der Waals surface area contributed by atoms with Crippen LogP contribution in [0.4, 0.5) is 0 Å². The van der Waals surface area contributed by atoms with E-state index in [0.717, 1.165) is 11.1 Å². The van der Waals surface area contributed by atoms with Gasteiger partial charge in [-0.1, -0.05) is 68.3 Å². The number of carbonyl (C=O) groups is 4. The smallest absolute Gasteiger partial charge is 0.329 e. The van der Waals surface area contributed by atoms with Crippen LogP contribution >= 0.6 is 11.6 Å². The number of ketones is 2. The molecule has 14 atom stereocenters. The normalized spacial score (nSPS) is 37.0. The number of hydrogen-bond acceptors (Lipinski definition) is 12. The van der Waals surface area contributed by atoms with E-state index in [1.54, 1.807) is 40.4 Å². The zero-order chi connectivity index (χ0) is 48.3. The molecular weight excluding hydrogens is 864 g/mol. The van der Waals surface area contributed by atoms with E-state index in [1.165, 1.54) is 4.90 Å². The molecule has 1 amide bonds. The zero-order valence-electron chi connectivity index (χ0n) is 40.5. The lowest BCUT2D eigenvalue weighted by molar-refractivity contribution is -0.233. The Morgan fingerprint density at radius 3 is 2.35 bits per heavy atom. The number of benzene rings is 1. The lowest BCUT2D eigenvalue weighted by atomic mass is 9.75. The number of fused-ring (bicyclic) bond motifs is 3. The summed E-state index contributed by atoms with van der Waals surface area (Å²) in [6.07, 6.45) is 5.80. The molecule has 0 spiro atoms. The van der Waals surface area contributed by atoms with E-state index in [-0.39, 0.29) is 49.7 Å². The molecule has 1 aromatic carbocycles. The van der Waals surface area contributed by atoms with E-state index >= 15 is 9.59 Å². The number of halogens is 1. The minimum Gasteiger partial charge on any atom is -0.456 e. The molecule has 0 radical (unpaired) electrons. The number of aliphatic hydroxyl groups is 2. The molecular formula is C52H77ClN2O11. The molecule has 3 N–H and O–H groups in total. The highest BCUT2D eigenvalue weighted by molar-refractivity contribution is 6.39. The van der Waals surface area contributed by atoms with Gasteiger partial charge >= 0.3 is 5.97 Å². The Bertz CT molecular complexity index is 1890. The maximum Gasteiger partial charge on any atom is 0.329 e. The van der Waals surface area contributed by atoms with E-state index in [4.69, 9.17) is 35.3 Å². The summed E-state index contributed by atoms with van der Waals surface area (Å²) in [5.74, 6) is -4.20. The highest BCUT2D eigenvalue weighted by atomic mass is 35.5. The number of aliphatic hydroxyl groups excluding tert-OH is 2. The second-order valence-electron chi connectivity index (χ2n) is 19.7. The van der Waals surface area contributed by atoms with Gasteiger partial charge in [-0.05, 0) is 119 Å². The number of nitrogens with zero attached hydrogens (tertiary/aromatic N) is 1. The van der Waals surface area contributed by atoms with Gasteiger partial charge in [0.2, 0.25) is 0 Å². The molecule has 368 valence electrons. The first-order chi connectivity index (χ1) is 31.5. The van der Waals surface area contributed by atoms with Gasteiger partial charge in [-0.3, -0.25) is 14.4 Å². The number of Topliss-reactive ketones (excluding diaryl/α,β-unsaturated/α-hetero) is 2. The average molecular weight is 942 g/mol. The van der Waals surface area contributed by atoms with Crippen molar-refractivity contribution in [3.63, 3.8) is 0 Å². The number of nitrogens with one attached hydrogen (secondary N) is 1. The van der Waals surface area contributed by atoms with Crippen LogP contribution in [0.1, 0.15) is 111 Å². The largest absolute Gasteiger partial charge is 0.456 e. The van der Waals surface area contributed by atoms with Gasteiger partial charge < -0.3 is 44.1 Å². The molecule has 66 heavy (non-hydrogen) atoms. The minimum absolute atomic E-state index is 0.00795. The first kappa shape index (κ1) is 53.7. The van der Waals surface area contributed by atoms with Crippen LogP contribution in [0.5, 0.6) is 0 Å². The Hall–Kier alpha value is -3.27. The third kappa shape index (κ3) is 13.3. The highest BCUT2D eigenvalue weighted by Crippen LogP contribution is 2.41. The maximum atomic E-state index is 15.3. The fraction of sp³-hybridized carbons (Fsp3) is 0.692. The molecule has 2 bridgehead atoms. The summed E-state index contributed by atoms with van der Waals surface area (Å²) >= 11 is 6.33. The number of ether oxygens (including phenoxy) is 5. The molecule has 5 rings (SSSR count). The van der Waals surface area contributed by atoms with Crippen molar-refractivity contribution in [2.45, 2.75) is 166 Å². The topological polar surface area (TPSA) is 170 Å². The Morgan fingerprint density at radius 2 is 1.67 bits per heavy atom. The van der Waals surface area contributed by atoms with Gasteiger partial charge in [0.1, 0.15) is 24.0 Å². The lowest BCUT2D eigenvalue weighted by Crippen LogP contribution is -2.67. The molecule has 13 nitrogen and oxygen atoms in total. The van der Waals surface area contributed by atoms with Gasteiger partial charge in [0.25, 0.3) is 11.7 Å². The van der Waals surface area contributed by atoms with Gasteiger partial charge in [-0.25, -0.2) is 4.79 Å². The average Bonchev–Trinajstić information content (AvgIpc) is 3.29. The zero-order valence-corrected chi connectivity index (χ0v) is 41.3. The van der Waals surface area contributed by atoms with Crippen molar-refractivity contribution in [2.75, 3.05) is 34.4 Å². The van der Waals surface area contributed by atoms with Crippen molar-refractivity contribution in [1.82, 2.24) is 10.2 Å². The van der Waals surface area contributed by atoms with Crippen molar-refractivity contribution >= 4 is 35.0 Å². The van der Waals surface area contributed by atoms with Crippen LogP contribution in [0.2, 0.25) is 5.02 Å². The molecule has 4 aliphatic rings. The summed E-state index contributed by atoms with van der Waals surface area (Å²) < 4.78 is 31.3. The second kappa shape index (κ2) is 24.8. The first-order valence-electron chi connectivity index (χ1n) is 24.1. The van der Waals surface area contributed by atoms with Crippen molar-refractivity contribution in [2.24, 2.45) is 29.6 Å². The predicted molar refractivity (Wildman–Crippen MR) is 254 cm³/mol. The monoisotopic (exact) mass is 941 g/mol. The fourth-order valence-electron chi connectivity index (χ4n) is 10.9. The van der Waals surface area contributed by atoms with Crippen LogP contribution in [0, 0.1) is 29.6 Å². The lowest BCUT2D eigenvalue weighted by Gasteiger charge is -2.50. The molecule has 1 aromatic rings. The second-order valence-corrected chi connectivity index (χ2v) is 20.1. The van der Waals surface area contributed by atoms with Gasteiger partial charge in [-0.15, -0.1) is 6.58 Å². The summed E-state index contributed by atoms with van der Waals surface area (Å²) in [7, 11) is 4.79. The molecule has 1 aliphatic carbocycles. The summed E-state index contributed by atoms with van der Waals surface area (Å²) in [5, 5.41) is 26.4. The molecule has 3 fully saturated rings. The number of cyclic esters (lactones) is 1. The van der Waals surface area contributed by atoms with E-state index < -0.39 is 83.7 Å². The number of esters is 1. The van der Waals surface area contributed by atoms with Gasteiger partial charge in [0.15, 0.2) is 5.60 Å². The van der Waals surface area contributed by atoms with Crippen LogP contribution in [-0.2, 0) is 49.4 Å². The number of methoxy groups -OCH3 is 3. The van der Waals surface area contributed by atoms with Crippen molar-refractivity contribution < 1.29 is 53.1 Å². The Labute approximate surface area is 398 Å². The molecule has 2 saturated heterocycles. The number of allylic oxidation sites excluding steroid dienone is 4. The third-order valence-corrected chi connectivity index (χ3v) is 14.9. The summed E-state index contributed by atoms with van der Waals surface area (Å²) in [6, 6.07) is 6.30. The molecule has 14 heteroatoms. The summed E-state index contributed by atoms with van der Waals surface area (Å²) in [5.41, 5.74) is 0.870. The van der Waals surface area contributed by atoms with Crippen LogP contribution in [0.25, 0.3) is 0 Å². The van der Waals surface area contributed by atoms with Crippen LogP contribution in [-0.4, -0.2) is 127 Å². The number of hydrogen-bond donors (Lipinski definition) is 3. The summed E-state index contributed by atoms with van der Waals surface area (Å²) in [6.45, 7) is 14.0. The van der Waals surface area contributed by atoms with Gasteiger partial charge in [0, 0.05) is 64.2 Å². The van der Waals surface area contributed by atoms with E-state index in [9.17, 15) is 19.8 Å². The van der Waals surface area contributed by atoms with E-state index in [0.29, 0.717) is 74.9 Å². The standard InChI is InChI=1S/C52H77ClN2O11/c1-10-14-38-22-31(2)21-32(3)23-45(63-8)48-46(64-9)25-34(5)52(66-48,30-54-29-37-15-13-16-39(53)26-37)49(59)50(60)55-20-12-11-17-40(55)51(61)65-47(35(6)42(57)28-43(38)58)33(4)24-36-18-19-41(56)44(27-36)62-7/h10,13,15-16,22,24,26,32,34-36,38,40-42,44-48,54,56-57H,1,11-12,14,17-21,23,25,27-30H2,2-9H3/b31-22+,33-24+/t32-,34+,35+,36-,38+,40-,41+,42-,44+,45-,46-,47+,48+,52+/m0/s1. The quantitative estimate of drug-likeness (QED) is 0.117. The Balaban J connectivity index is 1.59. The number of rotatable bonds is 11. The first-order valence-corrected chi connectivity index (χ1v) is 24.5. The van der Waals surface area contributed by atoms with Gasteiger partial charge in [-0.2, -0.15) is 0 Å². The molecule has 0 aromatic heterocycles. The Morgan fingerprint density at radius 1 is 0.955 bits per heavy atom. The van der Waals surface area contributed by atoms with Crippen LogP contribution in [0.3, 0.4) is 0 Å². The van der Waals surface area contributed by atoms with Crippen LogP contribution in [0.15, 0.2) is 60.2 Å². The number of piperidine rings is 1. The SMILES string of the molecule is C=CC[C@@H]1/C=C(\C)C[C@H](C)C[C@H](OC)[C@H]2O[C@@](CNCc3cccc(Cl)c3)(C(=O)C(=O)N3CCCC[C@H]3C(=O)O[C@H](/C(C)=C/[C@@H]3CC[C@@H](O)[C@H](OC)C3)[C@H](C)[C@@H](O)CC1=O)[C@H](C)C[C@@H]2OC. The van der Waals surface area contributed by atoms with E-state index in [2.05, 4.69) is 18.8 Å².